The molecule has 0 fully saturated rings. The number of carbonyl (C=O) groups excluding carboxylic acids is 4. The van der Waals surface area contributed by atoms with Crippen molar-refractivity contribution < 1.29 is 23.9 Å². The summed E-state index contributed by atoms with van der Waals surface area (Å²) in [5.74, 6) is -1.07. The molecule has 8 nitrogen and oxygen atoms in total. The Morgan fingerprint density at radius 1 is 1.16 bits per heavy atom. The lowest BCUT2D eigenvalue weighted by Gasteiger charge is -2.25. The maximum absolute atomic E-state index is 12.8. The monoisotopic (exact) mass is 431 g/mol. The summed E-state index contributed by atoms with van der Waals surface area (Å²) in [5, 5.41) is 5.44. The Balaban J connectivity index is 2.07. The van der Waals surface area contributed by atoms with Gasteiger partial charge in [-0.1, -0.05) is 27.7 Å². The van der Waals surface area contributed by atoms with Crippen molar-refractivity contribution in [2.75, 3.05) is 7.11 Å². The Kier molecular flexibility index (Phi) is 8.19. The lowest BCUT2D eigenvalue weighted by molar-refractivity contribution is -0.132. The number of benzene rings is 1. The van der Waals surface area contributed by atoms with Gasteiger partial charge in [0.05, 0.1) is 7.11 Å². The number of fused-ring (bicyclic) bond motifs is 1. The van der Waals surface area contributed by atoms with E-state index in [1.807, 2.05) is 27.7 Å². The molecule has 2 rings (SSSR count). The Labute approximate surface area is 183 Å². The number of amides is 3. The van der Waals surface area contributed by atoms with E-state index >= 15 is 0 Å². The molecule has 1 aliphatic rings. The number of methoxy groups -OCH3 is 1. The molecule has 3 amide bonds. The summed E-state index contributed by atoms with van der Waals surface area (Å²) in [6, 6.07) is 3.62. The highest BCUT2D eigenvalue weighted by Gasteiger charge is 2.33. The van der Waals surface area contributed by atoms with Gasteiger partial charge in [-0.2, -0.15) is 0 Å². The molecule has 1 aromatic carbocycles. The quantitative estimate of drug-likeness (QED) is 0.521. The van der Waals surface area contributed by atoms with Gasteiger partial charge < -0.3 is 21.1 Å². The third-order valence-corrected chi connectivity index (χ3v) is 5.50. The Hall–Kier alpha value is -2.90. The third-order valence-electron chi connectivity index (χ3n) is 5.50. The number of rotatable bonds is 10. The van der Waals surface area contributed by atoms with Gasteiger partial charge in [0.2, 0.25) is 17.7 Å². The second-order valence-corrected chi connectivity index (χ2v) is 8.86. The van der Waals surface area contributed by atoms with Crippen molar-refractivity contribution in [3.05, 3.63) is 29.3 Å². The lowest BCUT2D eigenvalue weighted by atomic mass is 9.96. The van der Waals surface area contributed by atoms with Crippen LogP contribution in [-0.4, -0.2) is 42.7 Å². The molecule has 0 radical (unpaired) electrons. The molecule has 0 bridgehead atoms. The van der Waals surface area contributed by atoms with Gasteiger partial charge >= 0.3 is 0 Å². The predicted octanol–water partition coefficient (Wildman–Crippen LogP) is 1.91. The first-order valence-electron chi connectivity index (χ1n) is 10.6. The van der Waals surface area contributed by atoms with Crippen molar-refractivity contribution in [3.63, 3.8) is 0 Å². The van der Waals surface area contributed by atoms with Gasteiger partial charge in [0.1, 0.15) is 17.8 Å². The van der Waals surface area contributed by atoms with Crippen LogP contribution in [0.1, 0.15) is 68.8 Å². The Bertz CT molecular complexity index is 850. The van der Waals surface area contributed by atoms with Crippen molar-refractivity contribution in [1.82, 2.24) is 10.6 Å². The SMILES string of the molecule is COc1ccc2c(c1)C(CC(=O)N[C@@H](C(=O)N[C@H](CC(C)C)C(N)=O)C(C)C)CC2=O. The largest absolute Gasteiger partial charge is 0.497 e. The second-order valence-electron chi connectivity index (χ2n) is 8.86. The molecule has 0 aliphatic heterocycles. The van der Waals surface area contributed by atoms with Crippen LogP contribution in [0.2, 0.25) is 0 Å². The molecule has 1 aliphatic carbocycles. The zero-order chi connectivity index (χ0) is 23.3. The number of Topliss-reactive ketones (excluding diaryl/α,β-unsaturated/α-hetero) is 1. The van der Waals surface area contributed by atoms with Gasteiger partial charge in [-0.25, -0.2) is 0 Å². The summed E-state index contributed by atoms with van der Waals surface area (Å²) in [5.41, 5.74) is 6.81. The minimum absolute atomic E-state index is 0.00779. The molecule has 4 N–H and O–H groups in total. The maximum Gasteiger partial charge on any atom is 0.243 e. The van der Waals surface area contributed by atoms with Gasteiger partial charge in [0, 0.05) is 24.3 Å². The van der Waals surface area contributed by atoms with E-state index in [1.54, 1.807) is 25.3 Å². The highest BCUT2D eigenvalue weighted by atomic mass is 16.5. The van der Waals surface area contributed by atoms with Crippen molar-refractivity contribution in [2.45, 2.75) is 65.0 Å². The molecule has 0 saturated heterocycles. The maximum atomic E-state index is 12.8. The van der Waals surface area contributed by atoms with Gasteiger partial charge in [-0.15, -0.1) is 0 Å². The molecule has 31 heavy (non-hydrogen) atoms. The second kappa shape index (κ2) is 10.4. The molecule has 0 aromatic heterocycles. The fourth-order valence-electron chi connectivity index (χ4n) is 3.86. The number of nitrogens with two attached hydrogens (primary N) is 1. The number of hydrogen-bond donors (Lipinski definition) is 3. The molecule has 1 unspecified atom stereocenters. The van der Waals surface area contributed by atoms with Crippen LogP contribution in [0.4, 0.5) is 0 Å². The first kappa shape index (κ1) is 24.4. The van der Waals surface area contributed by atoms with Crippen molar-refractivity contribution in [2.24, 2.45) is 17.6 Å². The fraction of sp³-hybridized carbons (Fsp3) is 0.565. The molecule has 1 aromatic rings. The van der Waals surface area contributed by atoms with E-state index < -0.39 is 23.9 Å². The summed E-state index contributed by atoms with van der Waals surface area (Å²) in [7, 11) is 1.55. The minimum atomic E-state index is -0.816. The van der Waals surface area contributed by atoms with E-state index in [-0.39, 0.29) is 42.3 Å². The molecule has 0 spiro atoms. The van der Waals surface area contributed by atoms with E-state index in [2.05, 4.69) is 10.6 Å². The molecule has 8 heteroatoms. The van der Waals surface area contributed by atoms with Crippen LogP contribution in [0.3, 0.4) is 0 Å². The smallest absolute Gasteiger partial charge is 0.243 e. The van der Waals surface area contributed by atoms with Crippen LogP contribution in [0.25, 0.3) is 0 Å². The third kappa shape index (κ3) is 6.29. The Morgan fingerprint density at radius 2 is 1.84 bits per heavy atom. The van der Waals surface area contributed by atoms with Crippen LogP contribution in [0.5, 0.6) is 5.75 Å². The molecule has 170 valence electrons. The van der Waals surface area contributed by atoms with E-state index in [0.717, 1.165) is 5.56 Å². The fourth-order valence-corrected chi connectivity index (χ4v) is 3.86. The van der Waals surface area contributed by atoms with Crippen LogP contribution in [-0.2, 0) is 14.4 Å². The predicted molar refractivity (Wildman–Crippen MR) is 117 cm³/mol. The summed E-state index contributed by atoms with van der Waals surface area (Å²) in [4.78, 5) is 49.5. The number of hydrogen-bond acceptors (Lipinski definition) is 5. The number of primary amides is 1. The minimum Gasteiger partial charge on any atom is -0.497 e. The zero-order valence-electron chi connectivity index (χ0n) is 18.9. The first-order valence-corrected chi connectivity index (χ1v) is 10.6. The van der Waals surface area contributed by atoms with Crippen LogP contribution in [0, 0.1) is 11.8 Å². The summed E-state index contributed by atoms with van der Waals surface area (Å²) < 4.78 is 5.24. The Morgan fingerprint density at radius 3 is 2.39 bits per heavy atom. The molecular formula is C23H33N3O5. The van der Waals surface area contributed by atoms with E-state index in [9.17, 15) is 19.2 Å². The van der Waals surface area contributed by atoms with Gasteiger partial charge in [-0.3, -0.25) is 19.2 Å². The average molecular weight is 432 g/mol. The van der Waals surface area contributed by atoms with Crippen molar-refractivity contribution in [3.8, 4) is 5.75 Å². The topological polar surface area (TPSA) is 128 Å². The lowest BCUT2D eigenvalue weighted by Crippen LogP contribution is -2.55. The van der Waals surface area contributed by atoms with E-state index in [4.69, 9.17) is 10.5 Å². The van der Waals surface area contributed by atoms with Gasteiger partial charge in [0.15, 0.2) is 5.78 Å². The number of ether oxygens (including phenoxy) is 1. The highest BCUT2D eigenvalue weighted by Crippen LogP contribution is 2.37. The van der Waals surface area contributed by atoms with Gasteiger partial charge in [-0.05, 0) is 42.0 Å². The number of nitrogens with one attached hydrogen (secondary N) is 2. The van der Waals surface area contributed by atoms with Gasteiger partial charge in [0.25, 0.3) is 0 Å². The van der Waals surface area contributed by atoms with Crippen molar-refractivity contribution in [1.29, 1.82) is 0 Å². The zero-order valence-corrected chi connectivity index (χ0v) is 18.9. The molecular weight excluding hydrogens is 398 g/mol. The molecule has 0 saturated carbocycles. The number of ketones is 1. The van der Waals surface area contributed by atoms with Crippen LogP contribution >= 0.6 is 0 Å². The normalized spacial score (nSPS) is 17.3. The molecule has 0 heterocycles. The van der Waals surface area contributed by atoms with E-state index in [1.165, 1.54) is 0 Å². The van der Waals surface area contributed by atoms with Crippen LogP contribution < -0.4 is 21.1 Å². The van der Waals surface area contributed by atoms with Crippen LogP contribution in [0.15, 0.2) is 18.2 Å². The van der Waals surface area contributed by atoms with Crippen molar-refractivity contribution >= 4 is 23.5 Å². The average Bonchev–Trinajstić information content (AvgIpc) is 2.99. The van der Waals surface area contributed by atoms with E-state index in [0.29, 0.717) is 17.7 Å². The molecule has 3 atom stereocenters. The summed E-state index contributed by atoms with van der Waals surface area (Å²) in [6.07, 6.45) is 0.739. The standard InChI is InChI=1S/C23H33N3O5/c1-12(2)8-18(22(24)29)25-23(30)21(13(3)4)26-20(28)10-14-9-19(27)16-7-6-15(31-5)11-17(14)16/h6-7,11-14,18,21H,8-10H2,1-5H3,(H2,24,29)(H,25,30)(H,26,28)/t14?,18-,21-/m1/s1. The summed E-state index contributed by atoms with van der Waals surface area (Å²) >= 11 is 0. The summed E-state index contributed by atoms with van der Waals surface area (Å²) in [6.45, 7) is 7.48. The number of carbonyl (C=O) groups is 4. The highest BCUT2D eigenvalue weighted by molar-refractivity contribution is 6.02. The first-order chi connectivity index (χ1) is 14.5.